The first-order chi connectivity index (χ1) is 13.7. The lowest BCUT2D eigenvalue weighted by Gasteiger charge is -2.21. The Morgan fingerprint density at radius 2 is 2.07 bits per heavy atom. The van der Waals surface area contributed by atoms with E-state index < -0.39 is 0 Å². The van der Waals surface area contributed by atoms with E-state index in [9.17, 15) is 4.79 Å². The number of pyridine rings is 1. The van der Waals surface area contributed by atoms with E-state index >= 15 is 0 Å². The molecule has 1 aliphatic rings. The number of hydrogen-bond acceptors (Lipinski definition) is 5. The van der Waals surface area contributed by atoms with E-state index in [1.54, 1.807) is 10.8 Å². The normalized spacial score (nSPS) is 15.5. The zero-order chi connectivity index (χ0) is 19.1. The predicted octanol–water partition coefficient (Wildman–Crippen LogP) is 3.15. The molecule has 4 heterocycles. The summed E-state index contributed by atoms with van der Waals surface area (Å²) in [6.07, 6.45) is 6.22. The highest BCUT2D eigenvalue weighted by atomic mass is 16.1. The number of hydrogen-bond donors (Lipinski definition) is 2. The maximum absolute atomic E-state index is 12.8. The molecule has 0 radical (unpaired) electrons. The highest BCUT2D eigenvalue weighted by Crippen LogP contribution is 2.28. The third-order valence-electron chi connectivity index (χ3n) is 5.65. The van der Waals surface area contributed by atoms with Gasteiger partial charge in [0.2, 0.25) is 0 Å². The molecule has 1 saturated heterocycles. The van der Waals surface area contributed by atoms with Gasteiger partial charge >= 0.3 is 0 Å². The van der Waals surface area contributed by atoms with Gasteiger partial charge in [0.15, 0.2) is 11.4 Å². The number of benzene rings is 1. The van der Waals surface area contributed by atoms with Gasteiger partial charge in [0.1, 0.15) is 12.0 Å². The van der Waals surface area contributed by atoms with E-state index in [0.29, 0.717) is 18.0 Å². The molecule has 0 spiro atoms. The molecule has 1 aliphatic heterocycles. The number of carbonyl (C=O) groups is 1. The summed E-state index contributed by atoms with van der Waals surface area (Å²) in [5, 5.41) is 15.9. The molecule has 142 valence electrons. The summed E-state index contributed by atoms with van der Waals surface area (Å²) in [7, 11) is 0. The molecule has 0 bridgehead atoms. The molecule has 7 heteroatoms. The number of rotatable bonds is 4. The highest BCUT2D eigenvalue weighted by molar-refractivity contribution is 6.06. The number of aromatic amines is 1. The van der Waals surface area contributed by atoms with Crippen LogP contribution in [0.3, 0.4) is 0 Å². The molecule has 0 aliphatic carbocycles. The van der Waals surface area contributed by atoms with Gasteiger partial charge in [-0.2, -0.15) is 10.2 Å². The number of H-pyrrole nitrogens is 1. The van der Waals surface area contributed by atoms with Crippen LogP contribution in [0, 0.1) is 12.8 Å². The number of fused-ring (bicyclic) bond motifs is 2. The van der Waals surface area contributed by atoms with Crippen LogP contribution in [-0.2, 0) is 0 Å². The van der Waals surface area contributed by atoms with Crippen molar-refractivity contribution in [1.29, 1.82) is 0 Å². The molecular weight excluding hydrogens is 352 g/mol. The summed E-state index contributed by atoms with van der Waals surface area (Å²) < 4.78 is 1.79. The first-order valence-electron chi connectivity index (χ1n) is 9.71. The minimum atomic E-state index is 0.130. The second kappa shape index (κ2) is 6.83. The van der Waals surface area contributed by atoms with Crippen molar-refractivity contribution in [3.8, 4) is 11.1 Å². The molecule has 28 heavy (non-hydrogen) atoms. The average Bonchev–Trinajstić information content (AvgIpc) is 3.35. The monoisotopic (exact) mass is 374 g/mol. The quantitative estimate of drug-likeness (QED) is 0.536. The van der Waals surface area contributed by atoms with Gasteiger partial charge in [-0.1, -0.05) is 6.07 Å². The van der Waals surface area contributed by atoms with E-state index in [2.05, 4.69) is 31.7 Å². The van der Waals surface area contributed by atoms with Crippen LogP contribution in [0.4, 0.5) is 0 Å². The molecule has 1 fully saturated rings. The van der Waals surface area contributed by atoms with E-state index in [1.807, 2.05) is 31.3 Å². The maximum Gasteiger partial charge on any atom is 0.183 e. The fourth-order valence-electron chi connectivity index (χ4n) is 4.11. The number of Topliss-reactive ketones (excluding diaryl/α,β-unsaturated/α-hetero) is 1. The Labute approximate surface area is 162 Å². The van der Waals surface area contributed by atoms with Gasteiger partial charge < -0.3 is 5.32 Å². The molecule has 3 aromatic heterocycles. The number of nitrogens with zero attached hydrogens (tertiary/aromatic N) is 4. The van der Waals surface area contributed by atoms with Crippen molar-refractivity contribution >= 4 is 22.3 Å². The van der Waals surface area contributed by atoms with Crippen molar-refractivity contribution in [3.63, 3.8) is 0 Å². The molecule has 0 atom stereocenters. The predicted molar refractivity (Wildman–Crippen MR) is 107 cm³/mol. The third-order valence-corrected chi connectivity index (χ3v) is 5.65. The van der Waals surface area contributed by atoms with E-state index in [-0.39, 0.29) is 5.78 Å². The second-order valence-corrected chi connectivity index (χ2v) is 7.59. The van der Waals surface area contributed by atoms with Crippen molar-refractivity contribution in [1.82, 2.24) is 30.1 Å². The minimum absolute atomic E-state index is 0.130. The number of aryl methyl sites for hydroxylation is 1. The molecule has 5 rings (SSSR count). The number of carbonyl (C=O) groups excluding carboxylic acids is 1. The summed E-state index contributed by atoms with van der Waals surface area (Å²) in [6, 6.07) is 8.17. The van der Waals surface area contributed by atoms with Crippen molar-refractivity contribution in [3.05, 3.63) is 48.0 Å². The fraction of sp³-hybridized carbons (Fsp3) is 0.333. The van der Waals surface area contributed by atoms with Gasteiger partial charge in [0.05, 0.1) is 5.52 Å². The molecule has 0 saturated carbocycles. The number of piperidine rings is 1. The van der Waals surface area contributed by atoms with Gasteiger partial charge in [0.25, 0.3) is 0 Å². The minimum Gasteiger partial charge on any atom is -0.317 e. The summed E-state index contributed by atoms with van der Waals surface area (Å²) in [6.45, 7) is 4.02. The highest BCUT2D eigenvalue weighted by Gasteiger charge is 2.21. The van der Waals surface area contributed by atoms with Crippen LogP contribution in [0.15, 0.2) is 36.8 Å². The van der Waals surface area contributed by atoms with Gasteiger partial charge in [-0.3, -0.25) is 9.89 Å². The Bertz CT molecular complexity index is 1170. The molecule has 4 aromatic rings. The molecule has 2 N–H and O–H groups in total. The van der Waals surface area contributed by atoms with E-state index in [0.717, 1.165) is 59.2 Å². The van der Waals surface area contributed by atoms with Crippen molar-refractivity contribution in [2.24, 2.45) is 5.92 Å². The van der Waals surface area contributed by atoms with Gasteiger partial charge in [-0.05, 0) is 68.1 Å². The Balaban J connectivity index is 1.46. The number of ketones is 1. The molecule has 1 aromatic carbocycles. The zero-order valence-corrected chi connectivity index (χ0v) is 15.8. The van der Waals surface area contributed by atoms with Gasteiger partial charge in [0, 0.05) is 23.6 Å². The van der Waals surface area contributed by atoms with Crippen molar-refractivity contribution in [2.45, 2.75) is 26.2 Å². The van der Waals surface area contributed by atoms with Crippen LogP contribution in [0.1, 0.15) is 35.3 Å². The first-order valence-corrected chi connectivity index (χ1v) is 9.71. The third kappa shape index (κ3) is 2.97. The fourth-order valence-corrected chi connectivity index (χ4v) is 4.11. The number of nitrogens with one attached hydrogen (secondary N) is 2. The van der Waals surface area contributed by atoms with Gasteiger partial charge in [-0.25, -0.2) is 9.50 Å². The Morgan fingerprint density at radius 3 is 2.93 bits per heavy atom. The number of aromatic nitrogens is 5. The SMILES string of the molecule is Cc1cc(-c2ccc3c(C(=O)CC4CCNCC4)n[nH]c3c2)cn2ncnc12. The molecule has 0 amide bonds. The standard InChI is InChI=1S/C21H22N6O/c1-13-8-16(11-27-21(13)23-12-24-27)15-2-3-17-18(10-15)25-26-20(17)19(28)9-14-4-6-22-7-5-14/h2-3,8,10-12,14,22H,4-7,9H2,1H3,(H,25,26). The summed E-state index contributed by atoms with van der Waals surface area (Å²) in [4.78, 5) is 17.1. The smallest absolute Gasteiger partial charge is 0.183 e. The largest absolute Gasteiger partial charge is 0.317 e. The van der Waals surface area contributed by atoms with Crippen molar-refractivity contribution < 1.29 is 4.79 Å². The Kier molecular flexibility index (Phi) is 4.16. The van der Waals surface area contributed by atoms with Crippen LogP contribution in [0.2, 0.25) is 0 Å². The average molecular weight is 374 g/mol. The molecular formula is C21H22N6O. The Hall–Kier alpha value is -3.06. The zero-order valence-electron chi connectivity index (χ0n) is 15.8. The van der Waals surface area contributed by atoms with Crippen LogP contribution >= 0.6 is 0 Å². The van der Waals surface area contributed by atoms with Crippen LogP contribution in [-0.4, -0.2) is 43.7 Å². The van der Waals surface area contributed by atoms with Crippen LogP contribution in [0.5, 0.6) is 0 Å². The van der Waals surface area contributed by atoms with Crippen LogP contribution in [0.25, 0.3) is 27.7 Å². The Morgan fingerprint density at radius 1 is 1.21 bits per heavy atom. The topological polar surface area (TPSA) is 88.0 Å². The second-order valence-electron chi connectivity index (χ2n) is 7.59. The van der Waals surface area contributed by atoms with Gasteiger partial charge in [-0.15, -0.1) is 0 Å². The van der Waals surface area contributed by atoms with Crippen LogP contribution < -0.4 is 5.32 Å². The van der Waals surface area contributed by atoms with E-state index in [1.165, 1.54) is 0 Å². The molecule has 7 nitrogen and oxygen atoms in total. The van der Waals surface area contributed by atoms with Crippen molar-refractivity contribution in [2.75, 3.05) is 13.1 Å². The lowest BCUT2D eigenvalue weighted by Crippen LogP contribution is -2.29. The molecule has 0 unspecified atom stereocenters. The maximum atomic E-state index is 12.8. The summed E-state index contributed by atoms with van der Waals surface area (Å²) >= 11 is 0. The lowest BCUT2D eigenvalue weighted by molar-refractivity contribution is 0.0949. The van der Waals surface area contributed by atoms with E-state index in [4.69, 9.17) is 0 Å². The lowest BCUT2D eigenvalue weighted by atomic mass is 9.91. The summed E-state index contributed by atoms with van der Waals surface area (Å²) in [5.41, 5.74) is 5.46. The first kappa shape index (κ1) is 17.1. The summed E-state index contributed by atoms with van der Waals surface area (Å²) in [5.74, 6) is 0.586.